The summed E-state index contributed by atoms with van der Waals surface area (Å²) in [4.78, 5) is 32.6. The van der Waals surface area contributed by atoms with Crippen molar-refractivity contribution in [3.8, 4) is 0 Å². The largest absolute Gasteiger partial charge is 0.478 e. The fourth-order valence-corrected chi connectivity index (χ4v) is 5.36. The highest BCUT2D eigenvalue weighted by atomic mass is 32.2. The van der Waals surface area contributed by atoms with Gasteiger partial charge in [-0.05, 0) is 0 Å². The minimum atomic E-state index is -2.29. The van der Waals surface area contributed by atoms with Crippen molar-refractivity contribution in [2.75, 3.05) is 19.5 Å². The van der Waals surface area contributed by atoms with E-state index in [9.17, 15) is 50.1 Å². The molecule has 208 valence electrons. The molecule has 0 aromatic carbocycles. The van der Waals surface area contributed by atoms with Gasteiger partial charge in [-0.15, -0.1) is 11.8 Å². The Hall–Kier alpha value is -1.80. The van der Waals surface area contributed by atoms with Gasteiger partial charge in [-0.25, -0.2) is 9.59 Å². The molecule has 16 nitrogen and oxygen atoms in total. The van der Waals surface area contributed by atoms with Crippen molar-refractivity contribution >= 4 is 29.7 Å². The van der Waals surface area contributed by atoms with E-state index >= 15 is 0 Å². The number of rotatable bonds is 10. The van der Waals surface area contributed by atoms with Crippen LogP contribution in [-0.2, 0) is 23.8 Å². The lowest BCUT2D eigenvalue weighted by molar-refractivity contribution is -0.250. The number of aliphatic hydroxyl groups is 6. The summed E-state index contributed by atoms with van der Waals surface area (Å²) in [6.45, 7) is 0.180. The molecule has 0 aromatic rings. The number of carbonyl (C=O) groups is 3. The molecule has 2 fully saturated rings. The van der Waals surface area contributed by atoms with Crippen molar-refractivity contribution in [3.63, 3.8) is 0 Å². The number of thioether (sulfide) groups is 1. The van der Waals surface area contributed by atoms with E-state index in [2.05, 4.69) is 5.32 Å². The van der Waals surface area contributed by atoms with E-state index in [-0.39, 0.29) is 5.75 Å². The normalized spacial score (nSPS) is 38.6. The van der Waals surface area contributed by atoms with Crippen molar-refractivity contribution in [2.24, 2.45) is 0 Å². The molecule has 2 amide bonds. The van der Waals surface area contributed by atoms with Crippen LogP contribution in [0.2, 0.25) is 0 Å². The van der Waals surface area contributed by atoms with E-state index in [1.807, 2.05) is 5.32 Å². The van der Waals surface area contributed by atoms with Crippen LogP contribution in [0.25, 0.3) is 0 Å². The molecule has 2 heterocycles. The molecule has 0 aromatic heterocycles. The van der Waals surface area contributed by atoms with E-state index in [4.69, 9.17) is 19.3 Å². The predicted octanol–water partition coefficient (Wildman–Crippen LogP) is -4.40. The Bertz CT molecular complexity index is 789. The fourth-order valence-electron chi connectivity index (χ4n) is 4.06. The van der Waals surface area contributed by atoms with E-state index in [1.54, 1.807) is 0 Å². The van der Waals surface area contributed by atoms with Gasteiger partial charge in [0, 0.05) is 26.2 Å². The lowest BCUT2D eigenvalue weighted by atomic mass is 9.90. The molecule has 2 aliphatic heterocycles. The average Bonchev–Trinajstić information content (AvgIpc) is 2.81. The van der Waals surface area contributed by atoms with Gasteiger partial charge in [0.25, 0.3) is 0 Å². The number of nitrogens with one attached hydrogen (secondary N) is 2. The summed E-state index contributed by atoms with van der Waals surface area (Å²) < 4.78 is 16.2. The van der Waals surface area contributed by atoms with Crippen LogP contribution < -0.4 is 10.6 Å². The zero-order valence-corrected chi connectivity index (χ0v) is 20.1. The van der Waals surface area contributed by atoms with Gasteiger partial charge in [-0.3, -0.25) is 4.79 Å². The van der Waals surface area contributed by atoms with Gasteiger partial charge in [-0.1, -0.05) is 0 Å². The number of amides is 2. The van der Waals surface area contributed by atoms with Crippen molar-refractivity contribution in [1.29, 1.82) is 0 Å². The van der Waals surface area contributed by atoms with Gasteiger partial charge in [0.2, 0.25) is 10.8 Å². The maximum absolute atomic E-state index is 12.3. The Labute approximate surface area is 209 Å². The summed E-state index contributed by atoms with van der Waals surface area (Å²) in [5.74, 6) is -2.63. The Kier molecular flexibility index (Phi) is 10.7. The Morgan fingerprint density at radius 2 is 1.75 bits per heavy atom. The summed E-state index contributed by atoms with van der Waals surface area (Å²) >= 11 is 0.520. The van der Waals surface area contributed by atoms with Crippen molar-refractivity contribution < 1.29 is 69.4 Å². The van der Waals surface area contributed by atoms with Crippen molar-refractivity contribution in [2.45, 2.75) is 79.4 Å². The molecule has 2 aliphatic rings. The monoisotopic (exact) mass is 544 g/mol. The first-order valence-electron chi connectivity index (χ1n) is 10.8. The third kappa shape index (κ3) is 6.74. The summed E-state index contributed by atoms with van der Waals surface area (Å²) in [6, 6.07) is -2.70. The molecule has 36 heavy (non-hydrogen) atoms. The lowest BCUT2D eigenvalue weighted by Gasteiger charge is -2.47. The standard InChI is InChI=1S/C19H32N2O14S/c1-6(23)20-10-7(24)3-19(17(29)30,35-15(10)12(26)8(25)4-22)36-5-9-13(27)14(28)11(21-18(31)32)16(33-2)34-9/h7-16,21-22,24-28H,3-5H2,1-2H3,(H,20,23)(H,29,30)(H,31,32)/t7-,8+,9+,10+,11+,12+,13+,14+,15+,16-,19-/m0/s1. The second-order valence-electron chi connectivity index (χ2n) is 8.42. The Balaban J connectivity index is 2.28. The highest BCUT2D eigenvalue weighted by Gasteiger charge is 2.56. The summed E-state index contributed by atoms with van der Waals surface area (Å²) in [5, 5.41) is 84.3. The van der Waals surface area contributed by atoms with E-state index in [0.717, 1.165) is 14.0 Å². The summed E-state index contributed by atoms with van der Waals surface area (Å²) in [5.41, 5.74) is 0. The molecule has 2 saturated heterocycles. The second kappa shape index (κ2) is 12.6. The first kappa shape index (κ1) is 30.4. The highest BCUT2D eigenvalue weighted by Crippen LogP contribution is 2.41. The maximum atomic E-state index is 12.3. The number of hydrogen-bond acceptors (Lipinski definition) is 13. The predicted molar refractivity (Wildman–Crippen MR) is 118 cm³/mol. The van der Waals surface area contributed by atoms with Crippen LogP contribution in [0.3, 0.4) is 0 Å². The number of aliphatic carboxylic acids is 1. The van der Waals surface area contributed by atoms with E-state index < -0.39 is 97.0 Å². The first-order chi connectivity index (χ1) is 16.8. The topological polar surface area (TPSA) is 265 Å². The van der Waals surface area contributed by atoms with Gasteiger partial charge in [0.05, 0.1) is 24.9 Å². The molecule has 0 saturated carbocycles. The van der Waals surface area contributed by atoms with Gasteiger partial charge < -0.3 is 65.7 Å². The smallest absolute Gasteiger partial charge is 0.405 e. The van der Waals surface area contributed by atoms with Gasteiger partial charge >= 0.3 is 12.1 Å². The van der Waals surface area contributed by atoms with Gasteiger partial charge in [0.1, 0.15) is 36.6 Å². The molecule has 17 heteroatoms. The molecule has 0 bridgehead atoms. The number of aliphatic hydroxyl groups excluding tert-OH is 6. The van der Waals surface area contributed by atoms with Crippen LogP contribution in [-0.4, -0.2) is 144 Å². The molecule has 0 unspecified atom stereocenters. The van der Waals surface area contributed by atoms with Crippen LogP contribution in [0.1, 0.15) is 13.3 Å². The van der Waals surface area contributed by atoms with Crippen LogP contribution in [0, 0.1) is 0 Å². The molecule has 11 atom stereocenters. The molecular formula is C19H32N2O14S. The maximum Gasteiger partial charge on any atom is 0.405 e. The molecule has 10 N–H and O–H groups in total. The van der Waals surface area contributed by atoms with Crippen molar-refractivity contribution in [1.82, 2.24) is 10.6 Å². The molecule has 0 radical (unpaired) electrons. The molecule has 0 spiro atoms. The minimum Gasteiger partial charge on any atom is -0.478 e. The Morgan fingerprint density at radius 3 is 2.25 bits per heavy atom. The zero-order valence-electron chi connectivity index (χ0n) is 19.3. The third-order valence-corrected chi connectivity index (χ3v) is 7.29. The first-order valence-corrected chi connectivity index (χ1v) is 11.8. The summed E-state index contributed by atoms with van der Waals surface area (Å²) in [7, 11) is 1.16. The number of carbonyl (C=O) groups excluding carboxylic acids is 1. The number of carboxylic acids is 1. The van der Waals surface area contributed by atoms with Gasteiger partial charge in [-0.2, -0.15) is 0 Å². The van der Waals surface area contributed by atoms with Crippen LogP contribution >= 0.6 is 11.8 Å². The number of methoxy groups -OCH3 is 1. The number of hydrogen-bond donors (Lipinski definition) is 10. The molecule has 0 aliphatic carbocycles. The highest BCUT2D eigenvalue weighted by molar-refractivity contribution is 8.01. The van der Waals surface area contributed by atoms with Crippen LogP contribution in [0.4, 0.5) is 4.79 Å². The third-order valence-electron chi connectivity index (χ3n) is 5.89. The average molecular weight is 545 g/mol. The summed E-state index contributed by atoms with van der Waals surface area (Å²) in [6.07, 6.45) is -15.1. The van der Waals surface area contributed by atoms with E-state index in [1.165, 1.54) is 0 Å². The fraction of sp³-hybridized carbons (Fsp3) is 0.842. The SMILES string of the molecule is CO[C@H]1O[C@H](CS[C@]2(C(=O)O)C[C@H](O)[C@@H](NC(C)=O)[C@H]([C@H](O)[C@H](O)CO)O2)[C@@H](O)[C@H](O)[C@H]1NC(=O)O. The minimum absolute atomic E-state index is 0.382. The lowest BCUT2D eigenvalue weighted by Crippen LogP contribution is -2.67. The number of ether oxygens (including phenoxy) is 3. The quantitative estimate of drug-likeness (QED) is 0.124. The molecular weight excluding hydrogens is 512 g/mol. The number of carboxylic acid groups (broad SMARTS) is 2. The zero-order chi connectivity index (χ0) is 27.4. The van der Waals surface area contributed by atoms with Gasteiger partial charge in [0.15, 0.2) is 6.29 Å². The van der Waals surface area contributed by atoms with E-state index in [0.29, 0.717) is 11.8 Å². The van der Waals surface area contributed by atoms with Crippen molar-refractivity contribution in [3.05, 3.63) is 0 Å². The van der Waals surface area contributed by atoms with Crippen LogP contribution in [0.15, 0.2) is 0 Å². The molecule has 2 rings (SSSR count). The second-order valence-corrected chi connectivity index (χ2v) is 9.71. The van der Waals surface area contributed by atoms with Crippen LogP contribution in [0.5, 0.6) is 0 Å². The Morgan fingerprint density at radius 1 is 1.11 bits per heavy atom.